The van der Waals surface area contributed by atoms with Crippen LogP contribution < -0.4 is 5.43 Å². The number of para-hydroxylation sites is 2. The highest BCUT2D eigenvalue weighted by Gasteiger charge is 2.09. The Labute approximate surface area is 164 Å². The average Bonchev–Trinajstić information content (AvgIpc) is 2.97. The van der Waals surface area contributed by atoms with Gasteiger partial charge < -0.3 is 4.57 Å². The van der Waals surface area contributed by atoms with Crippen LogP contribution in [0.25, 0.3) is 17.1 Å². The maximum absolute atomic E-state index is 12.0. The third-order valence-corrected chi connectivity index (χ3v) is 5.02. The summed E-state index contributed by atoms with van der Waals surface area (Å²) in [6.07, 6.45) is 3.48. The number of thioether (sulfide) groups is 1. The maximum Gasteiger partial charge on any atom is 0.250 e. The van der Waals surface area contributed by atoms with Crippen LogP contribution in [0.5, 0.6) is 0 Å². The summed E-state index contributed by atoms with van der Waals surface area (Å²) in [5, 5.41) is 4.77. The SMILES string of the molecule is Cn1c(SCC(=O)N/N=C/C(Br)=C\c2ccccc2)nc2ccccc21. The first-order valence-corrected chi connectivity index (χ1v) is 9.70. The first-order chi connectivity index (χ1) is 12.6. The van der Waals surface area contributed by atoms with Crippen molar-refractivity contribution < 1.29 is 4.79 Å². The molecule has 0 fully saturated rings. The average molecular weight is 429 g/mol. The molecule has 2 aromatic carbocycles. The Morgan fingerprint density at radius 3 is 2.73 bits per heavy atom. The molecule has 0 atom stereocenters. The molecule has 1 N–H and O–H groups in total. The molecule has 0 aliphatic rings. The van der Waals surface area contributed by atoms with Gasteiger partial charge in [-0.2, -0.15) is 5.10 Å². The molecule has 3 aromatic rings. The second-order valence-corrected chi connectivity index (χ2v) is 7.32. The van der Waals surface area contributed by atoms with Gasteiger partial charge >= 0.3 is 0 Å². The van der Waals surface area contributed by atoms with Crippen LogP contribution >= 0.6 is 27.7 Å². The highest BCUT2D eigenvalue weighted by atomic mass is 79.9. The van der Waals surface area contributed by atoms with E-state index in [4.69, 9.17) is 0 Å². The van der Waals surface area contributed by atoms with Gasteiger partial charge in [0.2, 0.25) is 0 Å². The first-order valence-electron chi connectivity index (χ1n) is 7.92. The molecule has 0 unspecified atom stereocenters. The van der Waals surface area contributed by atoms with Crippen molar-refractivity contribution >= 4 is 56.9 Å². The van der Waals surface area contributed by atoms with E-state index in [1.54, 1.807) is 6.21 Å². The Bertz CT molecular complexity index is 966. The third kappa shape index (κ3) is 4.83. The van der Waals surface area contributed by atoms with Gasteiger partial charge in [-0.3, -0.25) is 4.79 Å². The Morgan fingerprint density at radius 2 is 1.96 bits per heavy atom. The minimum atomic E-state index is -0.182. The summed E-state index contributed by atoms with van der Waals surface area (Å²) in [6.45, 7) is 0. The zero-order valence-corrected chi connectivity index (χ0v) is 16.5. The monoisotopic (exact) mass is 428 g/mol. The predicted molar refractivity (Wildman–Crippen MR) is 111 cm³/mol. The molecule has 7 heteroatoms. The fourth-order valence-corrected chi connectivity index (χ4v) is 3.47. The molecule has 1 amide bonds. The number of nitrogens with zero attached hydrogens (tertiary/aromatic N) is 3. The number of fused-ring (bicyclic) bond motifs is 1. The normalized spacial score (nSPS) is 12.0. The Morgan fingerprint density at radius 1 is 1.23 bits per heavy atom. The summed E-state index contributed by atoms with van der Waals surface area (Å²) in [5.41, 5.74) is 5.54. The molecule has 0 radical (unpaired) electrons. The summed E-state index contributed by atoms with van der Waals surface area (Å²) < 4.78 is 2.75. The number of nitrogens with one attached hydrogen (secondary N) is 1. The lowest BCUT2D eigenvalue weighted by atomic mass is 10.2. The molecule has 5 nitrogen and oxygen atoms in total. The van der Waals surface area contributed by atoms with E-state index in [0.29, 0.717) is 0 Å². The Hall–Kier alpha value is -2.38. The van der Waals surface area contributed by atoms with E-state index < -0.39 is 0 Å². The van der Waals surface area contributed by atoms with Crippen molar-refractivity contribution in [1.29, 1.82) is 0 Å². The molecule has 0 bridgehead atoms. The van der Waals surface area contributed by atoms with Crippen LogP contribution in [-0.4, -0.2) is 27.4 Å². The van der Waals surface area contributed by atoms with Crippen molar-refractivity contribution in [1.82, 2.24) is 15.0 Å². The molecule has 1 heterocycles. The van der Waals surface area contributed by atoms with Crippen LogP contribution in [0, 0.1) is 0 Å². The van der Waals surface area contributed by atoms with Gasteiger partial charge in [-0.25, -0.2) is 10.4 Å². The van der Waals surface area contributed by atoms with E-state index >= 15 is 0 Å². The number of aromatic nitrogens is 2. The van der Waals surface area contributed by atoms with Crippen molar-refractivity contribution in [2.24, 2.45) is 12.1 Å². The quantitative estimate of drug-likeness (QED) is 0.363. The van der Waals surface area contributed by atoms with Gasteiger partial charge in [0.15, 0.2) is 5.16 Å². The number of aryl methyl sites for hydroxylation is 1. The van der Waals surface area contributed by atoms with E-state index in [2.05, 4.69) is 31.4 Å². The van der Waals surface area contributed by atoms with Gasteiger partial charge in [0.25, 0.3) is 5.91 Å². The number of halogens is 1. The zero-order chi connectivity index (χ0) is 18.4. The standard InChI is InChI=1S/C19H17BrN4OS/c1-24-17-10-6-5-9-16(17)22-19(24)26-13-18(25)23-21-12-15(20)11-14-7-3-2-4-8-14/h2-12H,13H2,1H3,(H,23,25)/b15-11+,21-12+. The fraction of sp³-hybridized carbons (Fsp3) is 0.105. The summed E-state index contributed by atoms with van der Waals surface area (Å²) in [5.74, 6) is 0.0625. The zero-order valence-electron chi connectivity index (χ0n) is 14.1. The minimum absolute atomic E-state index is 0.182. The number of imidazole rings is 1. The van der Waals surface area contributed by atoms with E-state index in [1.165, 1.54) is 11.8 Å². The summed E-state index contributed by atoms with van der Waals surface area (Å²) in [7, 11) is 1.94. The van der Waals surface area contributed by atoms with E-state index in [9.17, 15) is 4.79 Å². The molecular formula is C19H17BrN4OS. The van der Waals surface area contributed by atoms with Gasteiger partial charge in [0.05, 0.1) is 23.0 Å². The molecule has 1 aromatic heterocycles. The lowest BCUT2D eigenvalue weighted by molar-refractivity contribution is -0.118. The summed E-state index contributed by atoms with van der Waals surface area (Å²) in [4.78, 5) is 16.5. The number of allylic oxidation sites excluding steroid dienone is 1. The number of carbonyl (C=O) groups excluding carboxylic acids is 1. The lowest BCUT2D eigenvalue weighted by Crippen LogP contribution is -2.19. The Balaban J connectivity index is 1.52. The molecule has 0 saturated heterocycles. The van der Waals surface area contributed by atoms with E-state index in [0.717, 1.165) is 26.2 Å². The largest absolute Gasteiger partial charge is 0.322 e. The van der Waals surface area contributed by atoms with Crippen LogP contribution in [0.3, 0.4) is 0 Å². The lowest BCUT2D eigenvalue weighted by Gasteiger charge is -2.01. The number of amides is 1. The van der Waals surface area contributed by atoms with E-state index in [-0.39, 0.29) is 11.7 Å². The second-order valence-electron chi connectivity index (χ2n) is 5.46. The number of hydrogen-bond acceptors (Lipinski definition) is 4. The van der Waals surface area contributed by atoms with Gasteiger partial charge in [-0.15, -0.1) is 0 Å². The number of rotatable bonds is 6. The van der Waals surface area contributed by atoms with Crippen LogP contribution in [0.2, 0.25) is 0 Å². The molecule has 132 valence electrons. The second kappa shape index (κ2) is 8.82. The minimum Gasteiger partial charge on any atom is -0.322 e. The molecular weight excluding hydrogens is 412 g/mol. The highest BCUT2D eigenvalue weighted by Crippen LogP contribution is 2.22. The van der Waals surface area contributed by atoms with Gasteiger partial charge in [0.1, 0.15) is 0 Å². The summed E-state index contributed by atoms with van der Waals surface area (Å²) >= 11 is 4.79. The number of carbonyl (C=O) groups is 1. The molecule has 0 saturated carbocycles. The smallest absolute Gasteiger partial charge is 0.250 e. The van der Waals surface area contributed by atoms with Crippen molar-refractivity contribution in [3.63, 3.8) is 0 Å². The predicted octanol–water partition coefficient (Wildman–Crippen LogP) is 4.20. The highest BCUT2D eigenvalue weighted by molar-refractivity contribution is 9.12. The summed E-state index contributed by atoms with van der Waals surface area (Å²) in [6, 6.07) is 17.7. The molecule has 0 spiro atoms. The topological polar surface area (TPSA) is 59.3 Å². The molecule has 0 aliphatic carbocycles. The number of benzene rings is 2. The fourth-order valence-electron chi connectivity index (χ4n) is 2.33. The van der Waals surface area contributed by atoms with E-state index in [1.807, 2.05) is 72.3 Å². The van der Waals surface area contributed by atoms with Crippen molar-refractivity contribution in [3.05, 3.63) is 64.6 Å². The third-order valence-electron chi connectivity index (χ3n) is 3.56. The van der Waals surface area contributed by atoms with Crippen molar-refractivity contribution in [2.45, 2.75) is 5.16 Å². The molecule has 26 heavy (non-hydrogen) atoms. The van der Waals surface area contributed by atoms with Gasteiger partial charge in [-0.05, 0) is 39.7 Å². The first kappa shape index (κ1) is 18.4. The molecule has 3 rings (SSSR count). The van der Waals surface area contributed by atoms with Crippen LogP contribution in [0.1, 0.15) is 5.56 Å². The van der Waals surface area contributed by atoms with Crippen LogP contribution in [0.4, 0.5) is 0 Å². The Kier molecular flexibility index (Phi) is 6.25. The number of hydrazone groups is 1. The van der Waals surface area contributed by atoms with Crippen LogP contribution in [-0.2, 0) is 11.8 Å². The van der Waals surface area contributed by atoms with Crippen molar-refractivity contribution in [2.75, 3.05) is 5.75 Å². The van der Waals surface area contributed by atoms with Crippen molar-refractivity contribution in [3.8, 4) is 0 Å². The number of hydrogen-bond donors (Lipinski definition) is 1. The maximum atomic E-state index is 12.0. The van der Waals surface area contributed by atoms with Crippen LogP contribution in [0.15, 0.2) is 69.3 Å². The van der Waals surface area contributed by atoms with Gasteiger partial charge in [-0.1, -0.05) is 54.2 Å². The molecule has 0 aliphatic heterocycles. The van der Waals surface area contributed by atoms with Gasteiger partial charge in [0, 0.05) is 11.5 Å².